The van der Waals surface area contributed by atoms with Crippen molar-refractivity contribution in [1.29, 1.82) is 5.26 Å². The number of benzene rings is 2. The predicted molar refractivity (Wildman–Crippen MR) is 89.3 cm³/mol. The molecule has 1 unspecified atom stereocenters. The first-order chi connectivity index (χ1) is 10.0. The molecule has 2 aromatic carbocycles. The molecular weight excluding hydrogens is 327 g/mol. The molecule has 2 rings (SSSR count). The van der Waals surface area contributed by atoms with Crippen LogP contribution in [0.15, 0.2) is 36.4 Å². The summed E-state index contributed by atoms with van der Waals surface area (Å²) in [4.78, 5) is 0. The first-order valence-corrected chi connectivity index (χ1v) is 7.59. The van der Waals surface area contributed by atoms with Gasteiger partial charge in [0, 0.05) is 15.7 Å². The van der Waals surface area contributed by atoms with E-state index >= 15 is 0 Å². The Morgan fingerprint density at radius 2 is 1.86 bits per heavy atom. The summed E-state index contributed by atoms with van der Waals surface area (Å²) in [5, 5.41) is 14.1. The molecule has 21 heavy (non-hydrogen) atoms. The third-order valence-electron chi connectivity index (χ3n) is 3.17. The van der Waals surface area contributed by atoms with Crippen molar-refractivity contribution in [3.8, 4) is 6.07 Å². The molecule has 0 amide bonds. The van der Waals surface area contributed by atoms with Crippen molar-refractivity contribution in [2.24, 2.45) is 0 Å². The van der Waals surface area contributed by atoms with Gasteiger partial charge in [0.05, 0.1) is 16.6 Å². The minimum Gasteiger partial charge on any atom is -0.378 e. The van der Waals surface area contributed by atoms with E-state index in [4.69, 9.17) is 40.1 Å². The third kappa shape index (κ3) is 3.83. The predicted octanol–water partition coefficient (Wildman–Crippen LogP) is 6.08. The normalized spacial score (nSPS) is 11.8. The molecule has 0 saturated carbocycles. The first-order valence-electron chi connectivity index (χ1n) is 6.46. The van der Waals surface area contributed by atoms with Gasteiger partial charge < -0.3 is 5.32 Å². The van der Waals surface area contributed by atoms with E-state index in [-0.39, 0.29) is 6.04 Å². The summed E-state index contributed by atoms with van der Waals surface area (Å²) in [6, 6.07) is 12.8. The number of anilines is 1. The van der Waals surface area contributed by atoms with E-state index in [1.165, 1.54) is 0 Å². The van der Waals surface area contributed by atoms with Gasteiger partial charge in [-0.05, 0) is 42.3 Å². The van der Waals surface area contributed by atoms with E-state index in [0.29, 0.717) is 20.6 Å². The standard InChI is InChI=1S/C16H13Cl3N2/c1-2-16(13-5-3-11(17)8-15(13)19)21-12-4-6-14(18)10(7-12)9-20/h3-8,16,21H,2H2,1H3. The zero-order valence-electron chi connectivity index (χ0n) is 11.3. The van der Waals surface area contributed by atoms with Gasteiger partial charge in [-0.15, -0.1) is 0 Å². The minimum absolute atomic E-state index is 0.0301. The fourth-order valence-electron chi connectivity index (χ4n) is 2.09. The Bertz CT molecular complexity index is 692. The van der Waals surface area contributed by atoms with E-state index < -0.39 is 0 Å². The second-order valence-corrected chi connectivity index (χ2v) is 5.83. The Labute approximate surface area is 139 Å². The summed E-state index contributed by atoms with van der Waals surface area (Å²) in [5.41, 5.74) is 2.24. The molecule has 0 saturated heterocycles. The van der Waals surface area contributed by atoms with E-state index in [1.807, 2.05) is 18.2 Å². The van der Waals surface area contributed by atoms with Gasteiger partial charge in [0.25, 0.3) is 0 Å². The van der Waals surface area contributed by atoms with Crippen molar-refractivity contribution in [2.75, 3.05) is 5.32 Å². The molecule has 1 N–H and O–H groups in total. The number of nitrogens with zero attached hydrogens (tertiary/aromatic N) is 1. The highest BCUT2D eigenvalue weighted by Crippen LogP contribution is 2.31. The second kappa shape index (κ2) is 7.04. The lowest BCUT2D eigenvalue weighted by atomic mass is 10.0. The maximum atomic E-state index is 9.03. The number of nitrogens with one attached hydrogen (secondary N) is 1. The molecule has 0 aliphatic carbocycles. The topological polar surface area (TPSA) is 35.8 Å². The van der Waals surface area contributed by atoms with Crippen LogP contribution in [0.4, 0.5) is 5.69 Å². The van der Waals surface area contributed by atoms with Crippen LogP contribution in [0.1, 0.15) is 30.5 Å². The van der Waals surface area contributed by atoms with E-state index in [2.05, 4.69) is 18.3 Å². The lowest BCUT2D eigenvalue weighted by Gasteiger charge is -2.20. The molecule has 5 heteroatoms. The molecule has 1 atom stereocenters. The first kappa shape index (κ1) is 16.0. The highest BCUT2D eigenvalue weighted by atomic mass is 35.5. The fourth-order valence-corrected chi connectivity index (χ4v) is 2.79. The SMILES string of the molecule is CCC(Nc1ccc(Cl)c(C#N)c1)c1ccc(Cl)cc1Cl. The summed E-state index contributed by atoms with van der Waals surface area (Å²) in [5.74, 6) is 0. The summed E-state index contributed by atoms with van der Waals surface area (Å²) >= 11 is 18.1. The highest BCUT2D eigenvalue weighted by molar-refractivity contribution is 6.35. The lowest BCUT2D eigenvalue weighted by molar-refractivity contribution is 0.749. The maximum Gasteiger partial charge on any atom is 0.101 e. The van der Waals surface area contributed by atoms with Crippen molar-refractivity contribution in [3.05, 3.63) is 62.6 Å². The van der Waals surface area contributed by atoms with E-state index in [9.17, 15) is 0 Å². The van der Waals surface area contributed by atoms with Gasteiger partial charge in [0.15, 0.2) is 0 Å². The number of halogens is 3. The Kier molecular flexibility index (Phi) is 5.36. The number of hydrogen-bond donors (Lipinski definition) is 1. The average molecular weight is 340 g/mol. The monoisotopic (exact) mass is 338 g/mol. The van der Waals surface area contributed by atoms with Gasteiger partial charge in [-0.1, -0.05) is 47.8 Å². The number of rotatable bonds is 4. The van der Waals surface area contributed by atoms with Crippen LogP contribution in [0.25, 0.3) is 0 Å². The largest absolute Gasteiger partial charge is 0.378 e. The quantitative estimate of drug-likeness (QED) is 0.732. The Hall–Kier alpha value is -1.40. The summed E-state index contributed by atoms with van der Waals surface area (Å²) in [6.07, 6.45) is 0.839. The molecule has 2 aromatic rings. The molecule has 0 aliphatic heterocycles. The zero-order valence-corrected chi connectivity index (χ0v) is 13.6. The minimum atomic E-state index is 0.0301. The second-order valence-electron chi connectivity index (χ2n) is 4.58. The van der Waals surface area contributed by atoms with Crippen molar-refractivity contribution < 1.29 is 0 Å². The van der Waals surface area contributed by atoms with Crippen molar-refractivity contribution in [1.82, 2.24) is 0 Å². The molecule has 0 aromatic heterocycles. The van der Waals surface area contributed by atoms with Crippen LogP contribution in [0.2, 0.25) is 15.1 Å². The van der Waals surface area contributed by atoms with Gasteiger partial charge in [0.2, 0.25) is 0 Å². The highest BCUT2D eigenvalue weighted by Gasteiger charge is 2.14. The Morgan fingerprint density at radius 3 is 2.48 bits per heavy atom. The van der Waals surface area contributed by atoms with Crippen LogP contribution >= 0.6 is 34.8 Å². The lowest BCUT2D eigenvalue weighted by Crippen LogP contribution is -2.10. The van der Waals surface area contributed by atoms with Crippen molar-refractivity contribution in [3.63, 3.8) is 0 Å². The molecular formula is C16H13Cl3N2. The molecule has 2 nitrogen and oxygen atoms in total. The average Bonchev–Trinajstić information content (AvgIpc) is 2.47. The molecule has 0 aliphatic rings. The van der Waals surface area contributed by atoms with Gasteiger partial charge in [0.1, 0.15) is 6.07 Å². The molecule has 0 heterocycles. The van der Waals surface area contributed by atoms with Crippen LogP contribution in [0, 0.1) is 11.3 Å². The Balaban J connectivity index is 2.29. The molecule has 0 radical (unpaired) electrons. The van der Waals surface area contributed by atoms with Gasteiger partial charge >= 0.3 is 0 Å². The van der Waals surface area contributed by atoms with Crippen LogP contribution in [0.5, 0.6) is 0 Å². The fraction of sp³-hybridized carbons (Fsp3) is 0.188. The summed E-state index contributed by atoms with van der Waals surface area (Å²) in [6.45, 7) is 2.06. The summed E-state index contributed by atoms with van der Waals surface area (Å²) in [7, 11) is 0. The number of hydrogen-bond acceptors (Lipinski definition) is 2. The zero-order chi connectivity index (χ0) is 15.4. The maximum absolute atomic E-state index is 9.03. The number of nitriles is 1. The smallest absolute Gasteiger partial charge is 0.101 e. The van der Waals surface area contributed by atoms with E-state index in [1.54, 1.807) is 18.2 Å². The van der Waals surface area contributed by atoms with Crippen LogP contribution in [-0.4, -0.2) is 0 Å². The molecule has 0 bridgehead atoms. The van der Waals surface area contributed by atoms with Gasteiger partial charge in [-0.2, -0.15) is 5.26 Å². The van der Waals surface area contributed by atoms with Crippen LogP contribution in [0.3, 0.4) is 0 Å². The summed E-state index contributed by atoms with van der Waals surface area (Å²) < 4.78 is 0. The van der Waals surface area contributed by atoms with Crippen molar-refractivity contribution in [2.45, 2.75) is 19.4 Å². The Morgan fingerprint density at radius 1 is 1.10 bits per heavy atom. The van der Waals surface area contributed by atoms with E-state index in [0.717, 1.165) is 17.7 Å². The molecule has 0 spiro atoms. The van der Waals surface area contributed by atoms with Gasteiger partial charge in [-0.25, -0.2) is 0 Å². The molecule has 108 valence electrons. The van der Waals surface area contributed by atoms with Crippen molar-refractivity contribution >= 4 is 40.5 Å². The van der Waals surface area contributed by atoms with Crippen LogP contribution < -0.4 is 5.32 Å². The molecule has 0 fully saturated rings. The van der Waals surface area contributed by atoms with Crippen LogP contribution in [-0.2, 0) is 0 Å². The third-order valence-corrected chi connectivity index (χ3v) is 4.07. The van der Waals surface area contributed by atoms with Gasteiger partial charge in [-0.3, -0.25) is 0 Å².